The van der Waals surface area contributed by atoms with Crippen LogP contribution in [0.1, 0.15) is 27.2 Å². The van der Waals surface area contributed by atoms with E-state index in [4.69, 9.17) is 16.3 Å². The van der Waals surface area contributed by atoms with Gasteiger partial charge in [-0.3, -0.25) is 0 Å². The molecule has 1 aromatic carbocycles. The zero-order chi connectivity index (χ0) is 22.4. The van der Waals surface area contributed by atoms with Crippen molar-refractivity contribution < 1.29 is 14.6 Å². The fraction of sp³-hybridized carbons (Fsp3) is 0.318. The summed E-state index contributed by atoms with van der Waals surface area (Å²) in [4.78, 5) is 19.7. The summed E-state index contributed by atoms with van der Waals surface area (Å²) in [6.07, 6.45) is 3.01. The SMILES string of the molecule is CC(C)CC(C)(COc1ccc(-c2ccnc(Nc3nccs3)c2)cc1Cl)NC(=O)O. The van der Waals surface area contributed by atoms with Gasteiger partial charge >= 0.3 is 6.09 Å². The molecular weight excluding hydrogens is 436 g/mol. The van der Waals surface area contributed by atoms with E-state index in [0.29, 0.717) is 28.9 Å². The van der Waals surface area contributed by atoms with Crippen LogP contribution in [0.3, 0.4) is 0 Å². The molecule has 0 aliphatic rings. The summed E-state index contributed by atoms with van der Waals surface area (Å²) in [5.41, 5.74) is 1.14. The second-order valence-corrected chi connectivity index (χ2v) is 9.22. The standard InChI is InChI=1S/C22H25ClN4O3S/c1-14(2)12-22(3,27-21(28)29)13-30-18-5-4-15(10-17(18)23)16-6-7-24-19(11-16)26-20-25-8-9-31-20/h4-11,14,27H,12-13H2,1-3H3,(H,28,29)(H,24,25,26). The van der Waals surface area contributed by atoms with Gasteiger partial charge in [0.2, 0.25) is 0 Å². The van der Waals surface area contributed by atoms with Crippen molar-refractivity contribution in [3.8, 4) is 16.9 Å². The van der Waals surface area contributed by atoms with Crippen LogP contribution in [-0.2, 0) is 0 Å². The molecule has 0 aliphatic heterocycles. The van der Waals surface area contributed by atoms with Gasteiger partial charge in [-0.2, -0.15) is 0 Å². The van der Waals surface area contributed by atoms with Crippen molar-refractivity contribution >= 4 is 40.0 Å². The van der Waals surface area contributed by atoms with Gasteiger partial charge < -0.3 is 20.5 Å². The summed E-state index contributed by atoms with van der Waals surface area (Å²) in [6.45, 7) is 6.08. The van der Waals surface area contributed by atoms with Crippen LogP contribution < -0.4 is 15.4 Å². The highest BCUT2D eigenvalue weighted by molar-refractivity contribution is 7.13. The third-order valence-corrected chi connectivity index (χ3v) is 5.49. The average Bonchev–Trinajstić information content (AvgIpc) is 3.19. The Balaban J connectivity index is 1.73. The summed E-state index contributed by atoms with van der Waals surface area (Å²) in [5.74, 6) is 1.49. The van der Waals surface area contributed by atoms with Crippen LogP contribution in [-0.4, -0.2) is 33.3 Å². The van der Waals surface area contributed by atoms with Crippen molar-refractivity contribution in [1.29, 1.82) is 0 Å². The van der Waals surface area contributed by atoms with Gasteiger partial charge in [0.05, 0.1) is 10.6 Å². The lowest BCUT2D eigenvalue weighted by atomic mass is 9.91. The molecule has 0 saturated heterocycles. The van der Waals surface area contributed by atoms with Crippen molar-refractivity contribution in [3.05, 3.63) is 53.1 Å². The van der Waals surface area contributed by atoms with E-state index in [0.717, 1.165) is 16.3 Å². The van der Waals surface area contributed by atoms with Crippen LogP contribution in [0.25, 0.3) is 11.1 Å². The van der Waals surface area contributed by atoms with Crippen molar-refractivity contribution in [3.63, 3.8) is 0 Å². The number of thiazole rings is 1. The van der Waals surface area contributed by atoms with E-state index in [1.54, 1.807) is 18.5 Å². The zero-order valence-corrected chi connectivity index (χ0v) is 19.1. The number of hydrogen-bond donors (Lipinski definition) is 3. The minimum absolute atomic E-state index is 0.174. The predicted octanol–water partition coefficient (Wildman–Crippen LogP) is 6.05. The first kappa shape index (κ1) is 22.8. The Kier molecular flexibility index (Phi) is 7.35. The van der Waals surface area contributed by atoms with E-state index in [1.165, 1.54) is 11.3 Å². The van der Waals surface area contributed by atoms with Gasteiger partial charge in [0, 0.05) is 17.8 Å². The molecule has 1 atom stereocenters. The number of hydrogen-bond acceptors (Lipinski definition) is 6. The monoisotopic (exact) mass is 460 g/mol. The van der Waals surface area contributed by atoms with E-state index in [2.05, 4.69) is 20.6 Å². The molecule has 1 amide bonds. The van der Waals surface area contributed by atoms with Crippen molar-refractivity contribution in [2.75, 3.05) is 11.9 Å². The number of anilines is 2. The first-order valence-electron chi connectivity index (χ1n) is 9.80. The first-order chi connectivity index (χ1) is 14.7. The Morgan fingerprint density at radius 1 is 1.23 bits per heavy atom. The van der Waals surface area contributed by atoms with E-state index in [-0.39, 0.29) is 6.61 Å². The van der Waals surface area contributed by atoms with E-state index < -0.39 is 11.6 Å². The average molecular weight is 461 g/mol. The lowest BCUT2D eigenvalue weighted by Crippen LogP contribution is -2.50. The minimum atomic E-state index is -1.08. The van der Waals surface area contributed by atoms with Crippen molar-refractivity contribution in [1.82, 2.24) is 15.3 Å². The molecule has 3 N–H and O–H groups in total. The van der Waals surface area contributed by atoms with Crippen LogP contribution in [0.4, 0.5) is 15.7 Å². The number of nitrogens with one attached hydrogen (secondary N) is 2. The molecule has 0 bridgehead atoms. The highest BCUT2D eigenvalue weighted by Gasteiger charge is 2.29. The highest BCUT2D eigenvalue weighted by atomic mass is 35.5. The number of amides is 1. The lowest BCUT2D eigenvalue weighted by molar-refractivity contribution is 0.143. The Bertz CT molecular complexity index is 1030. The molecule has 2 heterocycles. The summed E-state index contributed by atoms with van der Waals surface area (Å²) in [5, 5.41) is 18.0. The molecule has 0 saturated carbocycles. The van der Waals surface area contributed by atoms with E-state index >= 15 is 0 Å². The molecule has 3 aromatic rings. The summed E-state index contributed by atoms with van der Waals surface area (Å²) in [7, 11) is 0. The second-order valence-electron chi connectivity index (χ2n) is 7.91. The maximum absolute atomic E-state index is 11.2. The minimum Gasteiger partial charge on any atom is -0.490 e. The van der Waals surface area contributed by atoms with Crippen molar-refractivity contribution in [2.45, 2.75) is 32.7 Å². The third-order valence-electron chi connectivity index (χ3n) is 4.51. The number of carboxylic acid groups (broad SMARTS) is 1. The van der Waals surface area contributed by atoms with Crippen molar-refractivity contribution in [2.24, 2.45) is 5.92 Å². The topological polar surface area (TPSA) is 96.4 Å². The van der Waals surface area contributed by atoms with Gasteiger partial charge in [-0.15, -0.1) is 11.3 Å². The smallest absolute Gasteiger partial charge is 0.405 e. The number of rotatable bonds is 9. The molecule has 7 nitrogen and oxygen atoms in total. The number of ether oxygens (including phenoxy) is 1. The molecule has 0 radical (unpaired) electrons. The summed E-state index contributed by atoms with van der Waals surface area (Å²) in [6, 6.07) is 9.35. The normalized spacial score (nSPS) is 12.9. The van der Waals surface area contributed by atoms with Crippen LogP contribution in [0, 0.1) is 5.92 Å². The van der Waals surface area contributed by atoms with Crippen LogP contribution in [0.5, 0.6) is 5.75 Å². The Morgan fingerprint density at radius 2 is 2.00 bits per heavy atom. The van der Waals surface area contributed by atoms with Gasteiger partial charge in [0.25, 0.3) is 0 Å². The number of aromatic nitrogens is 2. The van der Waals surface area contributed by atoms with Gasteiger partial charge in [-0.05, 0) is 54.7 Å². The number of carbonyl (C=O) groups is 1. The predicted molar refractivity (Wildman–Crippen MR) is 125 cm³/mol. The van der Waals surface area contributed by atoms with E-state index in [1.807, 2.05) is 50.4 Å². The second kappa shape index (κ2) is 9.98. The third kappa shape index (κ3) is 6.57. The van der Waals surface area contributed by atoms with Crippen LogP contribution in [0.2, 0.25) is 5.02 Å². The molecule has 31 heavy (non-hydrogen) atoms. The fourth-order valence-electron chi connectivity index (χ4n) is 3.41. The summed E-state index contributed by atoms with van der Waals surface area (Å²) >= 11 is 7.97. The molecule has 164 valence electrons. The Labute approximate surface area is 190 Å². The van der Waals surface area contributed by atoms with Gasteiger partial charge in [0.1, 0.15) is 18.2 Å². The first-order valence-corrected chi connectivity index (χ1v) is 11.1. The molecule has 3 rings (SSSR count). The van der Waals surface area contributed by atoms with Gasteiger partial charge in [0.15, 0.2) is 5.13 Å². The zero-order valence-electron chi connectivity index (χ0n) is 17.6. The van der Waals surface area contributed by atoms with Gasteiger partial charge in [-0.1, -0.05) is 31.5 Å². The van der Waals surface area contributed by atoms with Gasteiger partial charge in [-0.25, -0.2) is 14.8 Å². The Hall–Kier alpha value is -2.84. The summed E-state index contributed by atoms with van der Waals surface area (Å²) < 4.78 is 5.90. The number of halogens is 1. The molecular formula is C22H25ClN4O3S. The lowest BCUT2D eigenvalue weighted by Gasteiger charge is -2.31. The maximum atomic E-state index is 11.2. The molecule has 2 aromatic heterocycles. The maximum Gasteiger partial charge on any atom is 0.405 e. The number of nitrogens with zero attached hydrogens (tertiary/aromatic N) is 2. The number of pyridine rings is 1. The molecule has 1 unspecified atom stereocenters. The largest absolute Gasteiger partial charge is 0.490 e. The van der Waals surface area contributed by atoms with E-state index in [9.17, 15) is 9.90 Å². The Morgan fingerprint density at radius 3 is 2.65 bits per heavy atom. The highest BCUT2D eigenvalue weighted by Crippen LogP contribution is 2.32. The molecule has 0 spiro atoms. The van der Waals surface area contributed by atoms with Crippen LogP contribution in [0.15, 0.2) is 48.1 Å². The molecule has 0 aliphatic carbocycles. The fourth-order valence-corrected chi connectivity index (χ4v) is 4.18. The van der Waals surface area contributed by atoms with Crippen LogP contribution >= 0.6 is 22.9 Å². The molecule has 0 fully saturated rings. The number of benzene rings is 1. The quantitative estimate of drug-likeness (QED) is 0.359. The molecule has 9 heteroatoms.